The van der Waals surface area contributed by atoms with Crippen LogP contribution in [0.4, 0.5) is 38.7 Å². The van der Waals surface area contributed by atoms with Gasteiger partial charge in [-0.25, -0.2) is 17.9 Å². The number of carbonyl (C=O) groups excluding carboxylic acids is 2. The molecule has 11 nitrogen and oxygen atoms in total. The smallest absolute Gasteiger partial charge is 0.388 e. The fraction of sp³-hybridized carbons (Fsp3) is 0.560. The average molecular weight is 615 g/mol. The molecule has 3 N–H and O–H groups in total. The maximum absolute atomic E-state index is 13.5. The summed E-state index contributed by atoms with van der Waals surface area (Å²) < 4.78 is 72.9. The zero-order chi connectivity index (χ0) is 29.8. The lowest BCUT2D eigenvalue weighted by Gasteiger charge is -2.28. The van der Waals surface area contributed by atoms with E-state index in [0.29, 0.717) is 41.6 Å². The van der Waals surface area contributed by atoms with Crippen LogP contribution in [0.5, 0.6) is 5.88 Å². The number of amides is 2. The van der Waals surface area contributed by atoms with Gasteiger partial charge in [-0.1, -0.05) is 0 Å². The van der Waals surface area contributed by atoms with Crippen molar-refractivity contribution in [1.82, 2.24) is 29.9 Å². The molecule has 226 valence electrons. The molecule has 3 aromatic rings. The molecule has 0 aromatic carbocycles. The van der Waals surface area contributed by atoms with Gasteiger partial charge in [0.05, 0.1) is 5.56 Å². The molecule has 3 aliphatic rings. The maximum Gasteiger partial charge on any atom is 0.388 e. The Hall–Kier alpha value is -3.76. The second kappa shape index (κ2) is 10.8. The third-order valence-corrected chi connectivity index (χ3v) is 9.10. The summed E-state index contributed by atoms with van der Waals surface area (Å²) in [5.74, 6) is -4.81. The van der Waals surface area contributed by atoms with Crippen LogP contribution in [-0.4, -0.2) is 61.6 Å². The predicted octanol–water partition coefficient (Wildman–Crippen LogP) is 4.22. The minimum Gasteiger partial charge on any atom is -0.415 e. The number of nitrogens with zero attached hydrogens (tertiary/aromatic N) is 5. The lowest BCUT2D eigenvalue weighted by molar-refractivity contribution is -0.124. The number of hydrogen-bond acceptors (Lipinski definition) is 8. The quantitative estimate of drug-likeness (QED) is 0.292. The highest BCUT2D eigenvalue weighted by molar-refractivity contribution is 7.17. The summed E-state index contributed by atoms with van der Waals surface area (Å²) >= 11 is 1.26. The summed E-state index contributed by atoms with van der Waals surface area (Å²) in [6, 6.07) is 1.05. The van der Waals surface area contributed by atoms with E-state index in [0.717, 1.165) is 4.88 Å². The first kappa shape index (κ1) is 28.4. The standard InChI is InChI=1S/C25H27F5N8O3S/c1-37-17(7-18(36-37)41-23(27)28)33-24-35-32-10-38(24)14-2-3-16-15(6-14)19(21(40)31-9-12-8-25(12,29)30)22(42-16)34-20(39)11-4-13(26)5-11/h7,10-14,23H,2-6,8-9H2,1H3,(H,31,40)(H,33,35)(H,34,39)/t11?,12-,13?,14?/m1/s1. The van der Waals surface area contributed by atoms with Gasteiger partial charge in [0.15, 0.2) is 0 Å². The van der Waals surface area contributed by atoms with E-state index >= 15 is 0 Å². The van der Waals surface area contributed by atoms with E-state index in [9.17, 15) is 31.5 Å². The van der Waals surface area contributed by atoms with Gasteiger partial charge in [0.25, 0.3) is 11.8 Å². The number of carbonyl (C=O) groups is 2. The Kier molecular flexibility index (Phi) is 7.31. The molecule has 17 heteroatoms. The largest absolute Gasteiger partial charge is 0.415 e. The molecule has 2 atom stereocenters. The van der Waals surface area contributed by atoms with Crippen LogP contribution in [0.15, 0.2) is 12.4 Å². The van der Waals surface area contributed by atoms with Gasteiger partial charge in [0.1, 0.15) is 23.3 Å². The highest BCUT2D eigenvalue weighted by Crippen LogP contribution is 2.48. The number of nitrogens with one attached hydrogen (secondary N) is 3. The number of anilines is 3. The third kappa shape index (κ3) is 5.65. The number of thiophene rings is 1. The van der Waals surface area contributed by atoms with Gasteiger partial charge < -0.3 is 20.7 Å². The van der Waals surface area contributed by atoms with Crippen LogP contribution in [0.2, 0.25) is 0 Å². The summed E-state index contributed by atoms with van der Waals surface area (Å²) in [7, 11) is 1.54. The Bertz CT molecular complexity index is 1500. The van der Waals surface area contributed by atoms with Crippen LogP contribution in [0.1, 0.15) is 52.5 Å². The lowest BCUT2D eigenvalue weighted by atomic mass is 9.83. The highest BCUT2D eigenvalue weighted by atomic mass is 32.1. The molecule has 3 aliphatic carbocycles. The molecule has 0 saturated heterocycles. The number of ether oxygens (including phenoxy) is 1. The molecule has 3 aromatic heterocycles. The molecule has 0 bridgehead atoms. The molecule has 1 unspecified atom stereocenters. The first-order valence-corrected chi connectivity index (χ1v) is 14.2. The molecular weight excluding hydrogens is 587 g/mol. The van der Waals surface area contributed by atoms with Crippen LogP contribution < -0.4 is 20.7 Å². The summed E-state index contributed by atoms with van der Waals surface area (Å²) in [4.78, 5) is 27.0. The number of hydrogen-bond donors (Lipinski definition) is 3. The summed E-state index contributed by atoms with van der Waals surface area (Å²) in [6.07, 6.45) is 1.94. The highest BCUT2D eigenvalue weighted by Gasteiger charge is 2.56. The van der Waals surface area contributed by atoms with Crippen molar-refractivity contribution in [3.05, 3.63) is 28.4 Å². The number of aromatic nitrogens is 5. The molecule has 3 heterocycles. The van der Waals surface area contributed by atoms with E-state index in [-0.39, 0.29) is 49.2 Å². The van der Waals surface area contributed by atoms with Crippen LogP contribution in [0.25, 0.3) is 0 Å². The van der Waals surface area contributed by atoms with Crippen molar-refractivity contribution in [2.75, 3.05) is 17.2 Å². The van der Waals surface area contributed by atoms with Crippen molar-refractivity contribution in [3.63, 3.8) is 0 Å². The lowest BCUT2D eigenvalue weighted by Crippen LogP contribution is -2.36. The van der Waals surface area contributed by atoms with E-state index in [2.05, 4.69) is 36.0 Å². The Morgan fingerprint density at radius 1 is 1.29 bits per heavy atom. The molecular formula is C25H27F5N8O3S. The second-order valence-electron chi connectivity index (χ2n) is 10.8. The van der Waals surface area contributed by atoms with Gasteiger partial charge in [-0.05, 0) is 37.7 Å². The first-order valence-electron chi connectivity index (χ1n) is 13.4. The fourth-order valence-corrected chi connectivity index (χ4v) is 6.57. The Morgan fingerprint density at radius 3 is 2.74 bits per heavy atom. The summed E-state index contributed by atoms with van der Waals surface area (Å²) in [5, 5.41) is 20.7. The molecule has 2 saturated carbocycles. The van der Waals surface area contributed by atoms with Gasteiger partial charge in [-0.3, -0.25) is 14.2 Å². The molecule has 42 heavy (non-hydrogen) atoms. The van der Waals surface area contributed by atoms with Crippen molar-refractivity contribution >= 4 is 39.9 Å². The molecule has 2 fully saturated rings. The Morgan fingerprint density at radius 2 is 2.05 bits per heavy atom. The first-order chi connectivity index (χ1) is 20.0. The van der Waals surface area contributed by atoms with E-state index in [1.807, 2.05) is 0 Å². The van der Waals surface area contributed by atoms with Crippen molar-refractivity contribution in [2.45, 2.75) is 63.3 Å². The molecule has 6 rings (SSSR count). The molecule has 0 spiro atoms. The van der Waals surface area contributed by atoms with Gasteiger partial charge in [-0.15, -0.1) is 26.6 Å². The summed E-state index contributed by atoms with van der Waals surface area (Å²) in [5.41, 5.74) is 0.896. The number of fused-ring (bicyclic) bond motifs is 1. The van der Waals surface area contributed by atoms with Crippen molar-refractivity contribution in [2.24, 2.45) is 18.9 Å². The average Bonchev–Trinajstić information content (AvgIpc) is 3.28. The van der Waals surface area contributed by atoms with Crippen LogP contribution in [0, 0.1) is 11.8 Å². The normalized spacial score (nSPS) is 24.1. The zero-order valence-corrected chi connectivity index (χ0v) is 23.1. The Labute approximate surface area is 239 Å². The van der Waals surface area contributed by atoms with Crippen LogP contribution in [0.3, 0.4) is 0 Å². The number of rotatable bonds is 10. The predicted molar refractivity (Wildman–Crippen MR) is 140 cm³/mol. The van der Waals surface area contributed by atoms with Gasteiger partial charge in [0.2, 0.25) is 17.7 Å². The van der Waals surface area contributed by atoms with Crippen molar-refractivity contribution < 1.29 is 36.3 Å². The minimum atomic E-state index is -3.03. The van der Waals surface area contributed by atoms with Crippen LogP contribution >= 0.6 is 11.3 Å². The van der Waals surface area contributed by atoms with E-state index in [1.165, 1.54) is 35.5 Å². The maximum atomic E-state index is 13.5. The van der Waals surface area contributed by atoms with E-state index in [1.54, 1.807) is 4.57 Å². The number of aryl methyl sites for hydroxylation is 2. The van der Waals surface area contributed by atoms with E-state index in [4.69, 9.17) is 0 Å². The second-order valence-corrected chi connectivity index (χ2v) is 11.9. The van der Waals surface area contributed by atoms with Crippen molar-refractivity contribution in [3.8, 4) is 5.88 Å². The molecule has 2 amide bonds. The summed E-state index contributed by atoms with van der Waals surface area (Å²) in [6.45, 7) is -3.23. The Balaban J connectivity index is 1.23. The third-order valence-electron chi connectivity index (χ3n) is 7.89. The molecule has 0 aliphatic heterocycles. The topological polar surface area (TPSA) is 128 Å². The van der Waals surface area contributed by atoms with Gasteiger partial charge in [0, 0.05) is 48.8 Å². The molecule has 0 radical (unpaired) electrons. The zero-order valence-electron chi connectivity index (χ0n) is 22.3. The van der Waals surface area contributed by atoms with Crippen LogP contribution in [-0.2, 0) is 24.7 Å². The van der Waals surface area contributed by atoms with Gasteiger partial charge >= 0.3 is 6.61 Å². The SMILES string of the molecule is Cn1nc(OC(F)F)cc1Nc1nncn1C1CCc2sc(NC(=O)C3CC(F)C3)c(C(=O)NC[C@H]3CC3(F)F)c2C1. The number of alkyl halides is 5. The number of halogens is 5. The monoisotopic (exact) mass is 614 g/mol. The van der Waals surface area contributed by atoms with Crippen molar-refractivity contribution in [1.29, 1.82) is 0 Å². The van der Waals surface area contributed by atoms with Gasteiger partial charge in [-0.2, -0.15) is 8.78 Å². The van der Waals surface area contributed by atoms with E-state index < -0.39 is 36.4 Å². The fourth-order valence-electron chi connectivity index (χ4n) is 5.32. The minimum absolute atomic E-state index is 0.118.